The Kier molecular flexibility index (Phi) is 6.82. The molecule has 5 nitrogen and oxygen atoms in total. The molecule has 0 aliphatic rings. The van der Waals surface area contributed by atoms with E-state index in [-0.39, 0.29) is 24.3 Å². The van der Waals surface area contributed by atoms with Crippen molar-refractivity contribution < 1.29 is 18.3 Å². The smallest absolute Gasteiger partial charge is 0.394 e. The average molecular weight is 433 g/mol. The highest BCUT2D eigenvalue weighted by Crippen LogP contribution is 2.30. The molecule has 1 heterocycles. The Bertz CT molecular complexity index is 723. The lowest BCUT2D eigenvalue weighted by Crippen LogP contribution is -2.30. The van der Waals surface area contributed by atoms with Crippen LogP contribution in [0, 0.1) is 5.92 Å². The lowest BCUT2D eigenvalue weighted by molar-refractivity contribution is -0.141. The van der Waals surface area contributed by atoms with Gasteiger partial charge in [0.2, 0.25) is 5.95 Å². The molecule has 9 heteroatoms. The van der Waals surface area contributed by atoms with Gasteiger partial charge in [-0.05, 0) is 23.6 Å². The fourth-order valence-corrected chi connectivity index (χ4v) is 2.40. The summed E-state index contributed by atoms with van der Waals surface area (Å²) >= 11 is 3.33. The molecule has 0 aliphatic carbocycles. The molecule has 26 heavy (non-hydrogen) atoms. The molecule has 0 spiro atoms. The highest BCUT2D eigenvalue weighted by atomic mass is 79.9. The van der Waals surface area contributed by atoms with E-state index < -0.39 is 17.9 Å². The van der Waals surface area contributed by atoms with E-state index in [4.69, 9.17) is 0 Å². The molecule has 0 radical (unpaired) electrons. The van der Waals surface area contributed by atoms with Crippen molar-refractivity contribution >= 4 is 27.7 Å². The Morgan fingerprint density at radius 2 is 1.81 bits per heavy atom. The zero-order valence-corrected chi connectivity index (χ0v) is 15.9. The van der Waals surface area contributed by atoms with Crippen LogP contribution in [-0.2, 0) is 12.7 Å². The summed E-state index contributed by atoms with van der Waals surface area (Å²) in [6, 6.07) is 7.82. The lowest BCUT2D eigenvalue weighted by atomic mass is 10.1. The number of anilines is 2. The van der Waals surface area contributed by atoms with Gasteiger partial charge in [0.25, 0.3) is 0 Å². The van der Waals surface area contributed by atoms with Gasteiger partial charge in [-0.15, -0.1) is 0 Å². The van der Waals surface area contributed by atoms with Crippen molar-refractivity contribution in [3.05, 3.63) is 46.1 Å². The van der Waals surface area contributed by atoms with Gasteiger partial charge in [-0.2, -0.15) is 18.2 Å². The second-order valence-corrected chi connectivity index (χ2v) is 7.03. The van der Waals surface area contributed by atoms with Crippen molar-refractivity contribution in [1.82, 2.24) is 9.97 Å². The van der Waals surface area contributed by atoms with Gasteiger partial charge in [0, 0.05) is 17.1 Å². The Morgan fingerprint density at radius 3 is 2.35 bits per heavy atom. The van der Waals surface area contributed by atoms with Crippen LogP contribution in [0.15, 0.2) is 34.8 Å². The van der Waals surface area contributed by atoms with Gasteiger partial charge in [0.15, 0.2) is 5.69 Å². The number of rotatable bonds is 7. The molecule has 0 saturated heterocycles. The highest BCUT2D eigenvalue weighted by molar-refractivity contribution is 9.10. The third-order valence-electron chi connectivity index (χ3n) is 3.72. The maximum Gasteiger partial charge on any atom is 0.433 e. The molecular formula is C17H20BrF3N4O. The Labute approximate surface area is 158 Å². The molecule has 0 unspecified atom stereocenters. The number of nitrogens with zero attached hydrogens (tertiary/aromatic N) is 2. The van der Waals surface area contributed by atoms with Gasteiger partial charge >= 0.3 is 6.18 Å². The van der Waals surface area contributed by atoms with E-state index in [2.05, 4.69) is 36.5 Å². The van der Waals surface area contributed by atoms with Crippen molar-refractivity contribution in [2.24, 2.45) is 5.92 Å². The van der Waals surface area contributed by atoms with Crippen molar-refractivity contribution in [2.45, 2.75) is 32.6 Å². The van der Waals surface area contributed by atoms with Gasteiger partial charge in [-0.3, -0.25) is 0 Å². The molecule has 0 aliphatic heterocycles. The van der Waals surface area contributed by atoms with E-state index in [9.17, 15) is 18.3 Å². The quantitative estimate of drug-likeness (QED) is 0.608. The van der Waals surface area contributed by atoms with Crippen LogP contribution in [0.2, 0.25) is 0 Å². The topological polar surface area (TPSA) is 70.1 Å². The summed E-state index contributed by atoms with van der Waals surface area (Å²) in [4.78, 5) is 7.63. The van der Waals surface area contributed by atoms with E-state index in [0.29, 0.717) is 6.54 Å². The number of aliphatic hydroxyl groups is 1. The molecule has 3 N–H and O–H groups in total. The summed E-state index contributed by atoms with van der Waals surface area (Å²) in [6.07, 6.45) is -4.60. The first kappa shape index (κ1) is 20.4. The first-order valence-electron chi connectivity index (χ1n) is 8.01. The molecule has 0 amide bonds. The normalized spacial score (nSPS) is 12.9. The van der Waals surface area contributed by atoms with Crippen molar-refractivity contribution in [2.75, 3.05) is 17.2 Å². The van der Waals surface area contributed by atoms with Gasteiger partial charge in [0.1, 0.15) is 5.82 Å². The minimum Gasteiger partial charge on any atom is -0.394 e. The maximum absolute atomic E-state index is 13.1. The Hall–Kier alpha value is -1.87. The first-order chi connectivity index (χ1) is 12.2. The first-order valence-corrected chi connectivity index (χ1v) is 8.80. The minimum absolute atomic E-state index is 0.00248. The molecule has 142 valence electrons. The number of aliphatic hydroxyl groups excluding tert-OH is 1. The second kappa shape index (κ2) is 8.68. The van der Waals surface area contributed by atoms with Crippen LogP contribution in [0.5, 0.6) is 0 Å². The van der Waals surface area contributed by atoms with Crippen LogP contribution in [0.25, 0.3) is 0 Å². The summed E-state index contributed by atoms with van der Waals surface area (Å²) in [5.41, 5.74) is -0.154. The van der Waals surface area contributed by atoms with E-state index >= 15 is 0 Å². The van der Waals surface area contributed by atoms with E-state index in [1.165, 1.54) is 0 Å². The van der Waals surface area contributed by atoms with E-state index in [1.54, 1.807) is 0 Å². The molecule has 0 fully saturated rings. The number of benzene rings is 1. The van der Waals surface area contributed by atoms with Crippen LogP contribution >= 0.6 is 15.9 Å². The van der Waals surface area contributed by atoms with Gasteiger partial charge in [-0.1, -0.05) is 41.9 Å². The number of alkyl halides is 3. The molecule has 2 aromatic rings. The van der Waals surface area contributed by atoms with E-state index in [1.807, 2.05) is 38.1 Å². The Morgan fingerprint density at radius 1 is 1.15 bits per heavy atom. The van der Waals surface area contributed by atoms with Crippen LogP contribution in [-0.4, -0.2) is 27.7 Å². The monoisotopic (exact) mass is 432 g/mol. The standard InChI is InChI=1S/C17H20BrF3N4O/c1-10(2)13(9-26)23-16-24-14(17(19,20)21)7-15(25-16)22-8-11-3-5-12(18)6-4-11/h3-7,10,13,26H,8-9H2,1-2H3,(H2,22,23,24,25)/t13-/m1/s1. The molecule has 0 bridgehead atoms. The number of aromatic nitrogens is 2. The minimum atomic E-state index is -4.60. The zero-order valence-electron chi connectivity index (χ0n) is 14.3. The van der Waals surface area contributed by atoms with Crippen LogP contribution in [0.1, 0.15) is 25.1 Å². The van der Waals surface area contributed by atoms with Gasteiger partial charge in [-0.25, -0.2) is 4.98 Å². The molecule has 1 aromatic heterocycles. The van der Waals surface area contributed by atoms with E-state index in [0.717, 1.165) is 16.1 Å². The Balaban J connectivity index is 2.23. The number of halogens is 4. The maximum atomic E-state index is 13.1. The zero-order chi connectivity index (χ0) is 19.3. The summed E-state index contributed by atoms with van der Waals surface area (Å²) in [6.45, 7) is 3.76. The largest absolute Gasteiger partial charge is 0.433 e. The number of hydrogen-bond donors (Lipinski definition) is 3. The SMILES string of the molecule is CC(C)[C@@H](CO)Nc1nc(NCc2ccc(Br)cc2)cc(C(F)(F)F)n1. The summed E-state index contributed by atoms with van der Waals surface area (Å²) < 4.78 is 40.3. The van der Waals surface area contributed by atoms with Gasteiger partial charge < -0.3 is 15.7 Å². The highest BCUT2D eigenvalue weighted by Gasteiger charge is 2.34. The average Bonchev–Trinajstić information content (AvgIpc) is 2.58. The number of hydrogen-bond acceptors (Lipinski definition) is 5. The van der Waals surface area contributed by atoms with Crippen molar-refractivity contribution in [1.29, 1.82) is 0 Å². The molecule has 2 rings (SSSR count). The van der Waals surface area contributed by atoms with Crippen LogP contribution in [0.3, 0.4) is 0 Å². The molecule has 1 aromatic carbocycles. The fourth-order valence-electron chi connectivity index (χ4n) is 2.13. The number of nitrogens with one attached hydrogen (secondary N) is 2. The van der Waals surface area contributed by atoms with Crippen molar-refractivity contribution in [3.63, 3.8) is 0 Å². The summed E-state index contributed by atoms with van der Waals surface area (Å²) in [5, 5.41) is 15.0. The molecule has 0 saturated carbocycles. The third kappa shape index (κ3) is 5.84. The summed E-state index contributed by atoms with van der Waals surface area (Å²) in [5.74, 6) is -0.124. The van der Waals surface area contributed by atoms with Gasteiger partial charge in [0.05, 0.1) is 12.6 Å². The third-order valence-corrected chi connectivity index (χ3v) is 4.25. The predicted octanol–water partition coefficient (Wildman–Crippen LogP) is 4.30. The van der Waals surface area contributed by atoms with Crippen molar-refractivity contribution in [3.8, 4) is 0 Å². The molecular weight excluding hydrogens is 413 g/mol. The van der Waals surface area contributed by atoms with Crippen LogP contribution < -0.4 is 10.6 Å². The predicted molar refractivity (Wildman–Crippen MR) is 97.8 cm³/mol. The fraction of sp³-hybridized carbons (Fsp3) is 0.412. The summed E-state index contributed by atoms with van der Waals surface area (Å²) in [7, 11) is 0. The lowest BCUT2D eigenvalue weighted by Gasteiger charge is -2.21. The molecule has 1 atom stereocenters. The second-order valence-electron chi connectivity index (χ2n) is 6.12. The van der Waals surface area contributed by atoms with Crippen LogP contribution in [0.4, 0.5) is 24.9 Å².